The maximum atomic E-state index is 11.5. The first-order chi connectivity index (χ1) is 7.33. The summed E-state index contributed by atoms with van der Waals surface area (Å²) in [5.41, 5.74) is 0.572. The first-order valence-electron chi connectivity index (χ1n) is 4.47. The second-order valence-electron chi connectivity index (χ2n) is 3.05. The van der Waals surface area contributed by atoms with Gasteiger partial charge in [-0.2, -0.15) is 0 Å². The van der Waals surface area contributed by atoms with Crippen molar-refractivity contribution in [3.63, 3.8) is 0 Å². The molecule has 0 bridgehead atoms. The van der Waals surface area contributed by atoms with Crippen molar-refractivity contribution in [2.75, 3.05) is 0 Å². The van der Waals surface area contributed by atoms with Crippen LogP contribution in [0.15, 0.2) is 41.2 Å². The fraction of sp³-hybridized carbons (Fsp3) is 0.0909. The summed E-state index contributed by atoms with van der Waals surface area (Å²) in [5, 5.41) is 0.937. The van der Waals surface area contributed by atoms with Crippen LogP contribution in [0.5, 0.6) is 0 Å². The standard InChI is InChI=1S/C11H9NO3/c13-8-15-7-12-10-4-2-1-3-9(10)5-6-11(12)14/h1-6,8H,7H2. The van der Waals surface area contributed by atoms with Crippen molar-refractivity contribution in [3.8, 4) is 0 Å². The molecule has 76 valence electrons. The van der Waals surface area contributed by atoms with E-state index in [1.54, 1.807) is 6.07 Å². The zero-order valence-electron chi connectivity index (χ0n) is 7.92. The van der Waals surface area contributed by atoms with Crippen LogP contribution in [0.1, 0.15) is 0 Å². The van der Waals surface area contributed by atoms with Crippen LogP contribution in [-0.2, 0) is 16.3 Å². The smallest absolute Gasteiger partial charge is 0.294 e. The van der Waals surface area contributed by atoms with E-state index in [0.29, 0.717) is 6.47 Å². The number of carbonyl (C=O) groups is 1. The van der Waals surface area contributed by atoms with E-state index in [2.05, 4.69) is 4.74 Å². The Bertz CT molecular complexity index is 545. The van der Waals surface area contributed by atoms with E-state index in [9.17, 15) is 9.59 Å². The van der Waals surface area contributed by atoms with Gasteiger partial charge in [-0.1, -0.05) is 18.2 Å². The van der Waals surface area contributed by atoms with E-state index in [1.165, 1.54) is 10.6 Å². The van der Waals surface area contributed by atoms with Crippen LogP contribution < -0.4 is 5.56 Å². The van der Waals surface area contributed by atoms with Crippen LogP contribution in [0.2, 0.25) is 0 Å². The number of para-hydroxylation sites is 1. The Labute approximate surface area is 85.7 Å². The Balaban J connectivity index is 2.63. The Morgan fingerprint density at radius 2 is 2.00 bits per heavy atom. The zero-order valence-corrected chi connectivity index (χ0v) is 7.92. The molecule has 0 aliphatic carbocycles. The molecule has 4 heteroatoms. The number of fused-ring (bicyclic) bond motifs is 1. The lowest BCUT2D eigenvalue weighted by molar-refractivity contribution is -0.132. The Kier molecular flexibility index (Phi) is 2.49. The van der Waals surface area contributed by atoms with Gasteiger partial charge in [0.25, 0.3) is 12.0 Å². The third-order valence-electron chi connectivity index (χ3n) is 2.17. The normalized spacial score (nSPS) is 10.1. The summed E-state index contributed by atoms with van der Waals surface area (Å²) in [6.07, 6.45) is 0. The summed E-state index contributed by atoms with van der Waals surface area (Å²) >= 11 is 0. The summed E-state index contributed by atoms with van der Waals surface area (Å²) in [6.45, 7) is 0.276. The van der Waals surface area contributed by atoms with Crippen LogP contribution in [0.25, 0.3) is 10.9 Å². The minimum absolute atomic E-state index is 0.0519. The minimum Gasteiger partial charge on any atom is -0.446 e. The summed E-state index contributed by atoms with van der Waals surface area (Å²) in [6, 6.07) is 10.6. The molecule has 0 N–H and O–H groups in total. The third kappa shape index (κ3) is 1.74. The van der Waals surface area contributed by atoms with Gasteiger partial charge >= 0.3 is 0 Å². The number of aromatic nitrogens is 1. The number of rotatable bonds is 3. The van der Waals surface area contributed by atoms with E-state index < -0.39 is 0 Å². The highest BCUT2D eigenvalue weighted by Gasteiger charge is 2.01. The molecular weight excluding hydrogens is 194 g/mol. The van der Waals surface area contributed by atoms with Crippen LogP contribution in [0.4, 0.5) is 0 Å². The highest BCUT2D eigenvalue weighted by Crippen LogP contribution is 2.10. The van der Waals surface area contributed by atoms with E-state index in [0.717, 1.165) is 10.9 Å². The Hall–Kier alpha value is -2.10. The second kappa shape index (κ2) is 3.96. The number of hydrogen-bond acceptors (Lipinski definition) is 3. The number of hydrogen-bond donors (Lipinski definition) is 0. The van der Waals surface area contributed by atoms with E-state index >= 15 is 0 Å². The van der Waals surface area contributed by atoms with Crippen molar-refractivity contribution in [2.45, 2.75) is 6.73 Å². The lowest BCUT2D eigenvalue weighted by atomic mass is 10.2. The quantitative estimate of drug-likeness (QED) is 0.702. The molecule has 0 unspecified atom stereocenters. The molecule has 1 heterocycles. The molecular formula is C11H9NO3. The molecule has 0 aliphatic heterocycles. The number of benzene rings is 1. The molecule has 0 aliphatic rings. The van der Waals surface area contributed by atoms with Gasteiger partial charge < -0.3 is 4.74 Å². The van der Waals surface area contributed by atoms with E-state index in [4.69, 9.17) is 0 Å². The molecule has 0 fully saturated rings. The zero-order chi connectivity index (χ0) is 10.7. The van der Waals surface area contributed by atoms with E-state index in [1.807, 2.05) is 24.3 Å². The van der Waals surface area contributed by atoms with Crippen LogP contribution in [-0.4, -0.2) is 11.0 Å². The molecule has 2 aromatic rings. The predicted octanol–water partition coefficient (Wildman–Crippen LogP) is 1.13. The maximum absolute atomic E-state index is 11.5. The predicted molar refractivity (Wildman–Crippen MR) is 55.4 cm³/mol. The molecule has 4 nitrogen and oxygen atoms in total. The number of carbonyl (C=O) groups excluding carboxylic acids is 1. The minimum atomic E-state index is -0.185. The number of pyridine rings is 1. The lowest BCUT2D eigenvalue weighted by Crippen LogP contribution is -2.20. The summed E-state index contributed by atoms with van der Waals surface area (Å²) in [4.78, 5) is 21.6. The van der Waals surface area contributed by atoms with Gasteiger partial charge in [-0.05, 0) is 17.5 Å². The van der Waals surface area contributed by atoms with Gasteiger partial charge in [-0.3, -0.25) is 14.2 Å². The summed E-state index contributed by atoms with van der Waals surface area (Å²) < 4.78 is 6.00. The molecule has 0 radical (unpaired) electrons. The van der Waals surface area contributed by atoms with Gasteiger partial charge in [0.15, 0.2) is 6.73 Å². The lowest BCUT2D eigenvalue weighted by Gasteiger charge is -2.07. The van der Waals surface area contributed by atoms with Gasteiger partial charge in [0.05, 0.1) is 5.52 Å². The monoisotopic (exact) mass is 203 g/mol. The molecule has 2 rings (SSSR count). The molecule has 1 aromatic carbocycles. The summed E-state index contributed by atoms with van der Waals surface area (Å²) in [7, 11) is 0. The van der Waals surface area contributed by atoms with Crippen molar-refractivity contribution in [1.29, 1.82) is 0 Å². The number of ether oxygens (including phenoxy) is 1. The number of nitrogens with zero attached hydrogens (tertiary/aromatic N) is 1. The topological polar surface area (TPSA) is 48.3 Å². The largest absolute Gasteiger partial charge is 0.446 e. The van der Waals surface area contributed by atoms with Crippen molar-refractivity contribution >= 4 is 17.4 Å². The third-order valence-corrected chi connectivity index (χ3v) is 2.17. The van der Waals surface area contributed by atoms with Gasteiger partial charge in [-0.25, -0.2) is 0 Å². The van der Waals surface area contributed by atoms with Crippen LogP contribution in [0.3, 0.4) is 0 Å². The van der Waals surface area contributed by atoms with E-state index in [-0.39, 0.29) is 12.3 Å². The van der Waals surface area contributed by atoms with Crippen LogP contribution in [0, 0.1) is 0 Å². The second-order valence-corrected chi connectivity index (χ2v) is 3.05. The molecule has 15 heavy (non-hydrogen) atoms. The van der Waals surface area contributed by atoms with Crippen molar-refractivity contribution in [2.24, 2.45) is 0 Å². The SMILES string of the molecule is O=COCn1c(=O)ccc2ccccc21. The highest BCUT2D eigenvalue weighted by molar-refractivity contribution is 5.78. The summed E-state index contributed by atoms with van der Waals surface area (Å²) in [5.74, 6) is 0. The first kappa shape index (κ1) is 9.45. The highest BCUT2D eigenvalue weighted by atomic mass is 16.5. The maximum Gasteiger partial charge on any atom is 0.294 e. The van der Waals surface area contributed by atoms with Crippen molar-refractivity contribution in [3.05, 3.63) is 46.8 Å². The molecule has 0 spiro atoms. The van der Waals surface area contributed by atoms with Gasteiger partial charge in [0.1, 0.15) is 0 Å². The fourth-order valence-electron chi connectivity index (χ4n) is 1.48. The van der Waals surface area contributed by atoms with Gasteiger partial charge in [0.2, 0.25) is 0 Å². The molecule has 0 atom stereocenters. The average molecular weight is 203 g/mol. The first-order valence-corrected chi connectivity index (χ1v) is 4.47. The van der Waals surface area contributed by atoms with Crippen molar-refractivity contribution in [1.82, 2.24) is 4.57 Å². The Morgan fingerprint density at radius 3 is 2.80 bits per heavy atom. The average Bonchev–Trinajstić information content (AvgIpc) is 2.28. The molecule has 0 amide bonds. The van der Waals surface area contributed by atoms with Gasteiger partial charge in [0, 0.05) is 6.07 Å². The molecule has 0 saturated carbocycles. The fourth-order valence-corrected chi connectivity index (χ4v) is 1.48. The molecule has 1 aromatic heterocycles. The van der Waals surface area contributed by atoms with Gasteiger partial charge in [-0.15, -0.1) is 0 Å². The van der Waals surface area contributed by atoms with Crippen LogP contribution >= 0.6 is 0 Å². The Morgan fingerprint density at radius 1 is 1.20 bits per heavy atom. The van der Waals surface area contributed by atoms with Crippen molar-refractivity contribution < 1.29 is 9.53 Å². The molecule has 0 saturated heterocycles.